The van der Waals surface area contributed by atoms with E-state index >= 15 is 0 Å². The van der Waals surface area contributed by atoms with Crippen molar-refractivity contribution in [3.63, 3.8) is 0 Å². The summed E-state index contributed by atoms with van der Waals surface area (Å²) in [7, 11) is 0. The SMILES string of the molecule is CC(C)(C)C(=O)c1cnc[nH]1. The molecule has 0 aliphatic carbocycles. The largest absolute Gasteiger partial charge is 0.342 e. The van der Waals surface area contributed by atoms with E-state index in [1.807, 2.05) is 20.8 Å². The predicted octanol–water partition coefficient (Wildman–Crippen LogP) is 1.64. The third-order valence-corrected chi connectivity index (χ3v) is 1.42. The minimum absolute atomic E-state index is 0.0926. The number of aromatic amines is 1. The van der Waals surface area contributed by atoms with Crippen LogP contribution in [0.25, 0.3) is 0 Å². The fraction of sp³-hybridized carbons (Fsp3) is 0.500. The molecule has 0 aliphatic heterocycles. The van der Waals surface area contributed by atoms with Crippen LogP contribution < -0.4 is 0 Å². The number of Topliss-reactive ketones (excluding diaryl/α,β-unsaturated/α-hetero) is 1. The molecular formula is C8H12N2O. The summed E-state index contributed by atoms with van der Waals surface area (Å²) in [4.78, 5) is 18.0. The van der Waals surface area contributed by atoms with Crippen molar-refractivity contribution in [2.45, 2.75) is 20.8 Å². The van der Waals surface area contributed by atoms with Gasteiger partial charge in [0, 0.05) is 5.41 Å². The molecule has 60 valence electrons. The fourth-order valence-electron chi connectivity index (χ4n) is 0.784. The average molecular weight is 152 g/mol. The first kappa shape index (κ1) is 7.98. The molecule has 0 fully saturated rings. The molecule has 0 bridgehead atoms. The molecule has 3 heteroatoms. The molecule has 0 unspecified atom stereocenters. The summed E-state index contributed by atoms with van der Waals surface area (Å²) in [6.45, 7) is 5.66. The maximum atomic E-state index is 11.5. The Balaban J connectivity index is 2.88. The highest BCUT2D eigenvalue weighted by molar-refractivity contribution is 5.97. The third kappa shape index (κ3) is 1.67. The first-order chi connectivity index (χ1) is 5.02. The molecule has 0 radical (unpaired) electrons. The van der Waals surface area contributed by atoms with Crippen LogP contribution >= 0.6 is 0 Å². The number of ketones is 1. The Bertz CT molecular complexity index is 244. The Kier molecular flexibility index (Phi) is 1.81. The number of carbonyl (C=O) groups excluding carboxylic acids is 1. The molecule has 0 saturated carbocycles. The number of nitrogens with zero attached hydrogens (tertiary/aromatic N) is 1. The van der Waals surface area contributed by atoms with Crippen LogP contribution in [0.15, 0.2) is 12.5 Å². The van der Waals surface area contributed by atoms with Gasteiger partial charge in [-0.1, -0.05) is 20.8 Å². The molecule has 0 spiro atoms. The van der Waals surface area contributed by atoms with Gasteiger partial charge < -0.3 is 4.98 Å². The standard InChI is InChI=1S/C8H12N2O/c1-8(2,3)7(11)6-4-9-5-10-6/h4-5H,1-3H3,(H,9,10). The summed E-state index contributed by atoms with van der Waals surface area (Å²) in [6.07, 6.45) is 3.06. The zero-order valence-corrected chi connectivity index (χ0v) is 7.01. The van der Waals surface area contributed by atoms with Crippen molar-refractivity contribution in [1.82, 2.24) is 9.97 Å². The van der Waals surface area contributed by atoms with E-state index in [0.717, 1.165) is 0 Å². The zero-order valence-electron chi connectivity index (χ0n) is 7.01. The van der Waals surface area contributed by atoms with E-state index in [2.05, 4.69) is 9.97 Å². The quantitative estimate of drug-likeness (QED) is 0.622. The van der Waals surface area contributed by atoms with Gasteiger partial charge in [-0.2, -0.15) is 0 Å². The molecule has 1 aromatic rings. The molecular weight excluding hydrogens is 140 g/mol. The molecule has 1 aromatic heterocycles. The van der Waals surface area contributed by atoms with Crippen molar-refractivity contribution in [3.8, 4) is 0 Å². The molecule has 1 N–H and O–H groups in total. The number of nitrogens with one attached hydrogen (secondary N) is 1. The fourth-order valence-corrected chi connectivity index (χ4v) is 0.784. The molecule has 0 aromatic carbocycles. The molecule has 0 amide bonds. The van der Waals surface area contributed by atoms with Gasteiger partial charge in [0.1, 0.15) is 5.69 Å². The van der Waals surface area contributed by atoms with Crippen LogP contribution in [-0.2, 0) is 0 Å². The zero-order chi connectivity index (χ0) is 8.48. The van der Waals surface area contributed by atoms with Crippen LogP contribution in [-0.4, -0.2) is 15.8 Å². The Labute approximate surface area is 65.8 Å². The van der Waals surface area contributed by atoms with E-state index in [1.54, 1.807) is 6.20 Å². The Morgan fingerprint density at radius 1 is 1.55 bits per heavy atom. The van der Waals surface area contributed by atoms with Crippen molar-refractivity contribution in [2.75, 3.05) is 0 Å². The van der Waals surface area contributed by atoms with Crippen molar-refractivity contribution in [1.29, 1.82) is 0 Å². The number of H-pyrrole nitrogens is 1. The van der Waals surface area contributed by atoms with E-state index < -0.39 is 0 Å². The van der Waals surface area contributed by atoms with Crippen LogP contribution in [0, 0.1) is 5.41 Å². The van der Waals surface area contributed by atoms with Gasteiger partial charge in [0.25, 0.3) is 0 Å². The Hall–Kier alpha value is -1.12. The predicted molar refractivity (Wildman–Crippen MR) is 42.4 cm³/mol. The van der Waals surface area contributed by atoms with Gasteiger partial charge in [-0.15, -0.1) is 0 Å². The first-order valence-electron chi connectivity index (χ1n) is 3.55. The van der Waals surface area contributed by atoms with Crippen molar-refractivity contribution in [2.24, 2.45) is 5.41 Å². The number of imidazole rings is 1. The van der Waals surface area contributed by atoms with Gasteiger partial charge in [0.15, 0.2) is 5.78 Å². The maximum Gasteiger partial charge on any atom is 0.185 e. The van der Waals surface area contributed by atoms with Crippen LogP contribution in [0.5, 0.6) is 0 Å². The van der Waals surface area contributed by atoms with E-state index in [1.165, 1.54) is 6.33 Å². The second-order valence-electron chi connectivity index (χ2n) is 3.54. The van der Waals surface area contributed by atoms with Crippen LogP contribution in [0.2, 0.25) is 0 Å². The number of rotatable bonds is 1. The summed E-state index contributed by atoms with van der Waals surface area (Å²) < 4.78 is 0. The highest BCUT2D eigenvalue weighted by Gasteiger charge is 2.23. The minimum atomic E-state index is -0.327. The second-order valence-corrected chi connectivity index (χ2v) is 3.54. The van der Waals surface area contributed by atoms with Crippen molar-refractivity contribution < 1.29 is 4.79 Å². The lowest BCUT2D eigenvalue weighted by Gasteiger charge is -2.14. The number of hydrogen-bond donors (Lipinski definition) is 1. The van der Waals surface area contributed by atoms with Gasteiger partial charge in [-0.3, -0.25) is 4.79 Å². The summed E-state index contributed by atoms with van der Waals surface area (Å²) in [5, 5.41) is 0. The van der Waals surface area contributed by atoms with E-state index in [-0.39, 0.29) is 11.2 Å². The summed E-state index contributed by atoms with van der Waals surface area (Å²) in [6, 6.07) is 0. The first-order valence-corrected chi connectivity index (χ1v) is 3.55. The van der Waals surface area contributed by atoms with Gasteiger partial charge in [0.05, 0.1) is 12.5 Å². The summed E-state index contributed by atoms with van der Waals surface area (Å²) in [5.74, 6) is 0.0926. The molecule has 0 saturated heterocycles. The molecule has 0 atom stereocenters. The molecule has 3 nitrogen and oxygen atoms in total. The van der Waals surface area contributed by atoms with E-state index in [9.17, 15) is 4.79 Å². The average Bonchev–Trinajstić information content (AvgIpc) is 2.34. The van der Waals surface area contributed by atoms with Gasteiger partial charge >= 0.3 is 0 Å². The molecule has 1 heterocycles. The summed E-state index contributed by atoms with van der Waals surface area (Å²) >= 11 is 0. The van der Waals surface area contributed by atoms with Gasteiger partial charge in [-0.25, -0.2) is 4.98 Å². The lowest BCUT2D eigenvalue weighted by Crippen LogP contribution is -2.20. The highest BCUT2D eigenvalue weighted by atomic mass is 16.1. The lowest BCUT2D eigenvalue weighted by atomic mass is 9.89. The van der Waals surface area contributed by atoms with Crippen LogP contribution in [0.3, 0.4) is 0 Å². The van der Waals surface area contributed by atoms with Crippen molar-refractivity contribution >= 4 is 5.78 Å². The van der Waals surface area contributed by atoms with Crippen molar-refractivity contribution in [3.05, 3.63) is 18.2 Å². The van der Waals surface area contributed by atoms with Gasteiger partial charge in [-0.05, 0) is 0 Å². The smallest absolute Gasteiger partial charge is 0.185 e. The van der Waals surface area contributed by atoms with Crippen LogP contribution in [0.4, 0.5) is 0 Å². The molecule has 1 rings (SSSR count). The lowest BCUT2D eigenvalue weighted by molar-refractivity contribution is 0.0853. The van der Waals surface area contributed by atoms with E-state index in [0.29, 0.717) is 5.69 Å². The van der Waals surface area contributed by atoms with Gasteiger partial charge in [0.2, 0.25) is 0 Å². The maximum absolute atomic E-state index is 11.5. The minimum Gasteiger partial charge on any atom is -0.342 e. The van der Waals surface area contributed by atoms with E-state index in [4.69, 9.17) is 0 Å². The van der Waals surface area contributed by atoms with Crippen LogP contribution in [0.1, 0.15) is 31.3 Å². The number of aromatic nitrogens is 2. The third-order valence-electron chi connectivity index (χ3n) is 1.42. The number of hydrogen-bond acceptors (Lipinski definition) is 2. The number of carbonyl (C=O) groups is 1. The second kappa shape index (κ2) is 2.49. The Morgan fingerprint density at radius 3 is 2.55 bits per heavy atom. The normalized spacial score (nSPS) is 11.5. The monoisotopic (exact) mass is 152 g/mol. The summed E-state index contributed by atoms with van der Waals surface area (Å²) in [5.41, 5.74) is 0.254. The molecule has 11 heavy (non-hydrogen) atoms. The molecule has 0 aliphatic rings. The highest BCUT2D eigenvalue weighted by Crippen LogP contribution is 2.18. The Morgan fingerprint density at radius 2 is 2.18 bits per heavy atom. The topological polar surface area (TPSA) is 45.8 Å².